The first-order chi connectivity index (χ1) is 17.1. The molecule has 0 N–H and O–H groups in total. The average molecular weight is 498 g/mol. The number of hydrogen-bond donors (Lipinski definition) is 0. The van der Waals surface area contributed by atoms with Gasteiger partial charge < -0.3 is 9.47 Å². The number of alkyl halides is 3. The summed E-state index contributed by atoms with van der Waals surface area (Å²) in [6.45, 7) is -1.31. The van der Waals surface area contributed by atoms with Crippen molar-refractivity contribution in [3.63, 3.8) is 0 Å². The first-order valence-electron chi connectivity index (χ1n) is 10.8. The molecule has 2 aromatic carbocycles. The summed E-state index contributed by atoms with van der Waals surface area (Å²) in [5.74, 6) is -0.244. The highest BCUT2D eigenvalue weighted by Gasteiger charge is 2.29. The Hall–Kier alpha value is -4.48. The van der Waals surface area contributed by atoms with Gasteiger partial charge in [-0.1, -0.05) is 18.2 Å². The molecular weight excluding hydrogens is 477 g/mol. The zero-order chi connectivity index (χ0) is 25.9. The van der Waals surface area contributed by atoms with Crippen molar-refractivity contribution in [3.8, 4) is 16.9 Å². The van der Waals surface area contributed by atoms with Gasteiger partial charge in [-0.25, -0.2) is 9.67 Å². The van der Waals surface area contributed by atoms with Crippen molar-refractivity contribution < 1.29 is 22.9 Å². The molecule has 0 atom stereocenters. The van der Waals surface area contributed by atoms with Crippen molar-refractivity contribution in [3.05, 3.63) is 94.7 Å². The van der Waals surface area contributed by atoms with Crippen molar-refractivity contribution in [1.82, 2.24) is 24.2 Å². The highest BCUT2D eigenvalue weighted by Crippen LogP contribution is 2.27. The molecule has 9 nitrogen and oxygen atoms in total. The summed E-state index contributed by atoms with van der Waals surface area (Å²) in [5, 5.41) is 15.6. The van der Waals surface area contributed by atoms with Crippen LogP contribution in [-0.2, 0) is 24.3 Å². The van der Waals surface area contributed by atoms with Gasteiger partial charge in [0.25, 0.3) is 5.69 Å². The number of benzene rings is 2. The van der Waals surface area contributed by atoms with Crippen LogP contribution in [0.3, 0.4) is 0 Å². The molecule has 0 aliphatic heterocycles. The largest absolute Gasteiger partial charge is 0.406 e. The number of halogens is 3. The number of non-ortho nitro benzene ring substituents is 1. The van der Waals surface area contributed by atoms with Crippen molar-refractivity contribution >= 4 is 11.6 Å². The Labute approximate surface area is 203 Å². The maximum atomic E-state index is 13.0. The van der Waals surface area contributed by atoms with Gasteiger partial charge in [0.1, 0.15) is 12.4 Å². The highest BCUT2D eigenvalue weighted by molar-refractivity contribution is 5.81. The summed E-state index contributed by atoms with van der Waals surface area (Å²) >= 11 is 0. The summed E-state index contributed by atoms with van der Waals surface area (Å²) in [7, 11) is 1.49. The van der Waals surface area contributed by atoms with Gasteiger partial charge in [0, 0.05) is 48.9 Å². The number of nitro groups is 1. The molecule has 1 amide bonds. The van der Waals surface area contributed by atoms with Crippen LogP contribution in [0, 0.1) is 10.1 Å². The van der Waals surface area contributed by atoms with Crippen molar-refractivity contribution in [2.75, 3.05) is 7.05 Å². The third-order valence-electron chi connectivity index (χ3n) is 5.46. The van der Waals surface area contributed by atoms with Gasteiger partial charge in [-0.3, -0.25) is 14.9 Å². The number of carbonyl (C=O) groups is 1. The smallest absolute Gasteiger partial charge is 0.338 e. The lowest BCUT2D eigenvalue weighted by Gasteiger charge is -2.18. The molecule has 0 aliphatic carbocycles. The Morgan fingerprint density at radius 2 is 1.81 bits per heavy atom. The topological polar surface area (TPSA) is 99.1 Å². The van der Waals surface area contributed by atoms with Crippen LogP contribution >= 0.6 is 0 Å². The third-order valence-corrected chi connectivity index (χ3v) is 5.46. The van der Waals surface area contributed by atoms with E-state index in [0.717, 1.165) is 10.3 Å². The first-order valence-corrected chi connectivity index (χ1v) is 10.8. The molecule has 0 aliphatic rings. The lowest BCUT2D eigenvalue weighted by Crippen LogP contribution is -2.30. The number of carbonyl (C=O) groups excluding carboxylic acids is 1. The summed E-state index contributed by atoms with van der Waals surface area (Å²) in [4.78, 5) is 28.8. The van der Waals surface area contributed by atoms with Crippen LogP contribution in [0.2, 0.25) is 0 Å². The monoisotopic (exact) mass is 498 g/mol. The van der Waals surface area contributed by atoms with E-state index in [1.54, 1.807) is 23.0 Å². The Bertz CT molecular complexity index is 1360. The van der Waals surface area contributed by atoms with Gasteiger partial charge >= 0.3 is 6.18 Å². The van der Waals surface area contributed by atoms with E-state index < -0.39 is 17.6 Å². The molecule has 12 heteroatoms. The van der Waals surface area contributed by atoms with Crippen molar-refractivity contribution in [1.29, 1.82) is 0 Å². The van der Waals surface area contributed by atoms with E-state index in [1.165, 1.54) is 36.5 Å². The maximum absolute atomic E-state index is 13.0. The first kappa shape index (κ1) is 24.6. The number of rotatable bonds is 8. The minimum absolute atomic E-state index is 0.0760. The van der Waals surface area contributed by atoms with E-state index in [9.17, 15) is 28.1 Å². The fraction of sp³-hybridized carbons (Fsp3) is 0.208. The second-order valence-corrected chi connectivity index (χ2v) is 8.10. The molecule has 0 saturated heterocycles. The molecule has 36 heavy (non-hydrogen) atoms. The van der Waals surface area contributed by atoms with Crippen LogP contribution in [0.15, 0.2) is 73.2 Å². The highest BCUT2D eigenvalue weighted by atomic mass is 19.4. The van der Waals surface area contributed by atoms with Crippen LogP contribution in [-0.4, -0.2) is 48.3 Å². The van der Waals surface area contributed by atoms with Crippen LogP contribution in [0.1, 0.15) is 11.4 Å². The van der Waals surface area contributed by atoms with E-state index in [4.69, 9.17) is 0 Å². The molecule has 0 unspecified atom stereocenters. The molecule has 186 valence electrons. The molecule has 2 heterocycles. The van der Waals surface area contributed by atoms with Crippen molar-refractivity contribution in [2.24, 2.45) is 0 Å². The quantitative estimate of drug-likeness (QED) is 0.265. The van der Waals surface area contributed by atoms with E-state index in [1.807, 2.05) is 30.3 Å². The van der Waals surface area contributed by atoms with Crippen LogP contribution in [0.5, 0.6) is 0 Å². The Kier molecular flexibility index (Phi) is 6.86. The van der Waals surface area contributed by atoms with E-state index in [-0.39, 0.29) is 30.4 Å². The fourth-order valence-electron chi connectivity index (χ4n) is 3.66. The second kappa shape index (κ2) is 10.0. The van der Waals surface area contributed by atoms with E-state index >= 15 is 0 Å². The molecule has 2 aromatic heterocycles. The number of amides is 1. The Balaban J connectivity index is 1.59. The minimum atomic E-state index is -4.41. The fourth-order valence-corrected chi connectivity index (χ4v) is 3.66. The number of likely N-dealkylation sites (N-methyl/N-ethyl adjacent to an activating group) is 1. The molecule has 4 rings (SSSR count). The zero-order valence-electron chi connectivity index (χ0n) is 19.1. The average Bonchev–Trinajstić information content (AvgIpc) is 3.45. The van der Waals surface area contributed by atoms with Crippen molar-refractivity contribution in [2.45, 2.75) is 25.7 Å². The van der Waals surface area contributed by atoms with Gasteiger partial charge in [0.2, 0.25) is 5.91 Å². The molecule has 4 aromatic rings. The molecule has 0 fully saturated rings. The Morgan fingerprint density at radius 1 is 1.11 bits per heavy atom. The van der Waals surface area contributed by atoms with Gasteiger partial charge in [-0.05, 0) is 24.3 Å². The lowest BCUT2D eigenvalue weighted by molar-refractivity contribution is -0.384. The van der Waals surface area contributed by atoms with Gasteiger partial charge in [0.05, 0.1) is 29.3 Å². The number of para-hydroxylation sites is 1. The Morgan fingerprint density at radius 3 is 2.44 bits per heavy atom. The van der Waals surface area contributed by atoms with Crippen LogP contribution < -0.4 is 0 Å². The summed E-state index contributed by atoms with van der Waals surface area (Å²) in [5.41, 5.74) is 2.29. The number of nitrogens with zero attached hydrogens (tertiary/aromatic N) is 6. The van der Waals surface area contributed by atoms with E-state index in [0.29, 0.717) is 16.8 Å². The minimum Gasteiger partial charge on any atom is -0.338 e. The predicted molar refractivity (Wildman–Crippen MR) is 124 cm³/mol. The van der Waals surface area contributed by atoms with Gasteiger partial charge in [0.15, 0.2) is 0 Å². The molecule has 0 saturated carbocycles. The maximum Gasteiger partial charge on any atom is 0.406 e. The number of imidazole rings is 1. The predicted octanol–water partition coefficient (Wildman–Crippen LogP) is 4.41. The van der Waals surface area contributed by atoms with Gasteiger partial charge in [-0.15, -0.1) is 0 Å². The number of aromatic nitrogens is 4. The van der Waals surface area contributed by atoms with Gasteiger partial charge in [-0.2, -0.15) is 18.3 Å². The summed E-state index contributed by atoms with van der Waals surface area (Å²) < 4.78 is 41.0. The standard InChI is InChI=1S/C24H21F3N6O3/c1-30(15-21-28-11-12-31(21)16-24(25,26)27)22(34)13-18-14-32(19-5-3-2-4-6-19)29-23(18)17-7-9-20(10-8-17)33(35)36/h2-12,14H,13,15-16H2,1H3. The van der Waals surface area contributed by atoms with E-state index in [2.05, 4.69) is 10.1 Å². The third kappa shape index (κ3) is 5.77. The SMILES string of the molecule is CN(Cc1nccn1CC(F)(F)F)C(=O)Cc1cn(-c2ccccc2)nc1-c1ccc([N+](=O)[O-])cc1. The van der Waals surface area contributed by atoms with Crippen LogP contribution in [0.25, 0.3) is 16.9 Å². The second-order valence-electron chi connectivity index (χ2n) is 8.10. The summed E-state index contributed by atoms with van der Waals surface area (Å²) in [6, 6.07) is 15.0. The molecule has 0 radical (unpaired) electrons. The molecule has 0 bridgehead atoms. The molecular formula is C24H21F3N6O3. The summed E-state index contributed by atoms with van der Waals surface area (Å²) in [6.07, 6.45) is -0.324. The van der Waals surface area contributed by atoms with Crippen LogP contribution in [0.4, 0.5) is 18.9 Å². The lowest BCUT2D eigenvalue weighted by atomic mass is 10.1. The number of hydrogen-bond acceptors (Lipinski definition) is 5. The number of nitro benzene ring substituents is 1. The molecule has 0 spiro atoms. The normalized spacial score (nSPS) is 11.4. The zero-order valence-corrected chi connectivity index (χ0v) is 19.1.